The summed E-state index contributed by atoms with van der Waals surface area (Å²) < 4.78 is 21.0. The van der Waals surface area contributed by atoms with Gasteiger partial charge in [-0.2, -0.15) is 5.26 Å². The lowest BCUT2D eigenvalue weighted by molar-refractivity contribution is -0.123. The van der Waals surface area contributed by atoms with E-state index in [1.54, 1.807) is 18.2 Å². The molecule has 1 N–H and O–H groups in total. The largest absolute Gasteiger partial charge is 0.487 e. The van der Waals surface area contributed by atoms with E-state index in [0.717, 1.165) is 17.6 Å². The number of benzene rings is 3. The van der Waals surface area contributed by atoms with Crippen LogP contribution in [0, 0.1) is 24.3 Å². The average Bonchev–Trinajstić information content (AvgIpc) is 3.07. The molecule has 1 aliphatic rings. The van der Waals surface area contributed by atoms with E-state index in [4.69, 9.17) is 4.74 Å². The molecule has 4 rings (SSSR count). The van der Waals surface area contributed by atoms with Gasteiger partial charge in [0.05, 0.1) is 21.7 Å². The summed E-state index contributed by atoms with van der Waals surface area (Å²) in [6.45, 7) is 0.202. The van der Waals surface area contributed by atoms with Crippen LogP contribution in [-0.2, 0) is 17.9 Å². The molecule has 9 heteroatoms. The number of nitrogens with one attached hydrogen (secondary N) is 1. The Kier molecular flexibility index (Phi) is 7.47. The van der Waals surface area contributed by atoms with Gasteiger partial charge in [-0.05, 0) is 87.2 Å². The van der Waals surface area contributed by atoms with E-state index in [0.29, 0.717) is 22.4 Å². The molecular formula is C25H16FI2N3O3. The third-order valence-corrected chi connectivity index (χ3v) is 6.49. The topological polar surface area (TPSA) is 82.4 Å². The highest BCUT2D eigenvalue weighted by molar-refractivity contribution is 14.1. The summed E-state index contributed by atoms with van der Waals surface area (Å²) >= 11 is 4.32. The van der Waals surface area contributed by atoms with Crippen molar-refractivity contribution in [2.45, 2.75) is 13.2 Å². The number of hydrogen-bond acceptors (Lipinski definition) is 4. The fraction of sp³-hybridized carbons (Fsp3) is 0.0800. The lowest BCUT2D eigenvalue weighted by Gasteiger charge is -2.14. The Morgan fingerprint density at radius 3 is 2.56 bits per heavy atom. The lowest BCUT2D eigenvalue weighted by Crippen LogP contribution is -2.30. The lowest BCUT2D eigenvalue weighted by atomic mass is 10.1. The van der Waals surface area contributed by atoms with Gasteiger partial charge in [0, 0.05) is 14.7 Å². The minimum Gasteiger partial charge on any atom is -0.487 e. The van der Waals surface area contributed by atoms with Crippen LogP contribution >= 0.6 is 45.2 Å². The Bertz CT molecular complexity index is 1350. The first-order chi connectivity index (χ1) is 16.4. The molecule has 1 saturated heterocycles. The molecule has 3 aromatic carbocycles. The van der Waals surface area contributed by atoms with Crippen LogP contribution in [0.15, 0.2) is 66.4 Å². The van der Waals surface area contributed by atoms with E-state index in [2.05, 4.69) is 56.6 Å². The van der Waals surface area contributed by atoms with Gasteiger partial charge >= 0.3 is 6.03 Å². The minimum absolute atomic E-state index is 0.0282. The van der Waals surface area contributed by atoms with Gasteiger partial charge in [0.2, 0.25) is 0 Å². The zero-order valence-electron chi connectivity index (χ0n) is 17.5. The maximum absolute atomic E-state index is 13.2. The second-order valence-electron chi connectivity index (χ2n) is 7.37. The minimum atomic E-state index is -0.550. The van der Waals surface area contributed by atoms with Gasteiger partial charge in [0.25, 0.3) is 5.91 Å². The SMILES string of the molecule is N#Cc1ccccc1COc1c(I)cc(I)cc1/C=C1/NC(=O)N(Cc2ccc(F)cc2)C1=O. The summed E-state index contributed by atoms with van der Waals surface area (Å²) in [7, 11) is 0. The van der Waals surface area contributed by atoms with Gasteiger partial charge in [-0.1, -0.05) is 30.3 Å². The van der Waals surface area contributed by atoms with E-state index in [-0.39, 0.29) is 24.7 Å². The summed E-state index contributed by atoms with van der Waals surface area (Å²) in [5.74, 6) is -0.330. The molecule has 0 aromatic heterocycles. The number of halogens is 3. The fourth-order valence-corrected chi connectivity index (χ4v) is 5.43. The maximum Gasteiger partial charge on any atom is 0.329 e. The van der Waals surface area contributed by atoms with Crippen molar-refractivity contribution < 1.29 is 18.7 Å². The maximum atomic E-state index is 13.2. The fourth-order valence-electron chi connectivity index (χ4n) is 3.39. The molecule has 0 unspecified atom stereocenters. The van der Waals surface area contributed by atoms with E-state index in [1.807, 2.05) is 24.3 Å². The molecular weight excluding hydrogens is 663 g/mol. The number of carbonyl (C=O) groups excluding carboxylic acids is 2. The van der Waals surface area contributed by atoms with Crippen LogP contribution in [-0.4, -0.2) is 16.8 Å². The van der Waals surface area contributed by atoms with Crippen molar-refractivity contribution in [1.29, 1.82) is 5.26 Å². The molecule has 0 atom stereocenters. The van der Waals surface area contributed by atoms with Crippen LogP contribution in [0.3, 0.4) is 0 Å². The molecule has 3 amide bonds. The highest BCUT2D eigenvalue weighted by Crippen LogP contribution is 2.32. The molecule has 6 nitrogen and oxygen atoms in total. The zero-order valence-corrected chi connectivity index (χ0v) is 21.8. The molecule has 0 bridgehead atoms. The first-order valence-electron chi connectivity index (χ1n) is 10.0. The Morgan fingerprint density at radius 2 is 1.82 bits per heavy atom. The smallest absolute Gasteiger partial charge is 0.329 e. The number of nitrogens with zero attached hydrogens (tertiary/aromatic N) is 2. The Labute approximate surface area is 222 Å². The molecule has 1 aliphatic heterocycles. The number of amides is 3. The molecule has 1 heterocycles. The van der Waals surface area contributed by atoms with Crippen LogP contribution in [0.1, 0.15) is 22.3 Å². The van der Waals surface area contributed by atoms with Crippen LogP contribution in [0.4, 0.5) is 9.18 Å². The zero-order chi connectivity index (χ0) is 24.2. The number of rotatable bonds is 6. The third kappa shape index (κ3) is 5.39. The predicted molar refractivity (Wildman–Crippen MR) is 141 cm³/mol. The first kappa shape index (κ1) is 24.2. The predicted octanol–water partition coefficient (Wildman–Crippen LogP) is 5.58. The molecule has 1 fully saturated rings. The van der Waals surface area contributed by atoms with Crippen LogP contribution in [0.5, 0.6) is 5.75 Å². The average molecular weight is 679 g/mol. The molecule has 3 aromatic rings. The van der Waals surface area contributed by atoms with Gasteiger partial charge in [-0.25, -0.2) is 9.18 Å². The van der Waals surface area contributed by atoms with Gasteiger partial charge in [0.1, 0.15) is 23.9 Å². The summed E-state index contributed by atoms with van der Waals surface area (Å²) in [6.07, 6.45) is 1.58. The standard InChI is InChI=1S/C25H16FI2N3O3/c26-19-7-5-15(6-8-19)13-31-24(32)22(30-25(31)33)10-18-9-20(27)11-21(28)23(18)34-14-17-4-2-1-3-16(17)12-29/h1-11H,13-14H2,(H,30,33)/b22-10+. The monoisotopic (exact) mass is 679 g/mol. The van der Waals surface area contributed by atoms with Crippen LogP contribution < -0.4 is 10.1 Å². The molecule has 0 spiro atoms. The Balaban J connectivity index is 1.60. The molecule has 0 saturated carbocycles. The van der Waals surface area contributed by atoms with Crippen molar-refractivity contribution in [2.24, 2.45) is 0 Å². The van der Waals surface area contributed by atoms with Gasteiger partial charge in [-0.15, -0.1) is 0 Å². The van der Waals surface area contributed by atoms with Crippen LogP contribution in [0.25, 0.3) is 6.08 Å². The molecule has 34 heavy (non-hydrogen) atoms. The van der Waals surface area contributed by atoms with Crippen molar-refractivity contribution >= 4 is 63.2 Å². The number of carbonyl (C=O) groups is 2. The van der Waals surface area contributed by atoms with Crippen molar-refractivity contribution in [3.63, 3.8) is 0 Å². The van der Waals surface area contributed by atoms with E-state index >= 15 is 0 Å². The van der Waals surface area contributed by atoms with E-state index < -0.39 is 11.9 Å². The van der Waals surface area contributed by atoms with Crippen molar-refractivity contribution in [3.8, 4) is 11.8 Å². The highest BCUT2D eigenvalue weighted by atomic mass is 127. The van der Waals surface area contributed by atoms with E-state index in [1.165, 1.54) is 24.3 Å². The first-order valence-corrected chi connectivity index (χ1v) is 12.2. The Hall–Kier alpha value is -2.98. The second-order valence-corrected chi connectivity index (χ2v) is 9.78. The van der Waals surface area contributed by atoms with Crippen molar-refractivity contribution in [2.75, 3.05) is 0 Å². The van der Waals surface area contributed by atoms with Crippen LogP contribution in [0.2, 0.25) is 0 Å². The summed E-state index contributed by atoms with van der Waals surface area (Å²) in [6, 6.07) is 18.2. The molecule has 0 aliphatic carbocycles. The van der Waals surface area contributed by atoms with Crippen molar-refractivity contribution in [3.05, 3.63) is 102 Å². The summed E-state index contributed by atoms with van der Waals surface area (Å²) in [5.41, 5.74) is 2.65. The normalized spacial score (nSPS) is 14.3. The number of hydrogen-bond donors (Lipinski definition) is 1. The number of imide groups is 1. The summed E-state index contributed by atoms with van der Waals surface area (Å²) in [5, 5.41) is 11.9. The van der Waals surface area contributed by atoms with Gasteiger partial charge < -0.3 is 10.1 Å². The summed E-state index contributed by atoms with van der Waals surface area (Å²) in [4.78, 5) is 26.5. The third-order valence-electron chi connectivity index (χ3n) is 5.06. The number of ether oxygens (including phenoxy) is 1. The number of urea groups is 1. The van der Waals surface area contributed by atoms with Crippen molar-refractivity contribution in [1.82, 2.24) is 10.2 Å². The van der Waals surface area contributed by atoms with E-state index in [9.17, 15) is 19.2 Å². The molecule has 170 valence electrons. The second kappa shape index (κ2) is 10.5. The quantitative estimate of drug-likeness (QED) is 0.210. The molecule has 0 radical (unpaired) electrons. The number of nitriles is 1. The van der Waals surface area contributed by atoms with Gasteiger partial charge in [0.15, 0.2) is 0 Å². The Morgan fingerprint density at radius 1 is 1.09 bits per heavy atom. The van der Waals surface area contributed by atoms with Gasteiger partial charge in [-0.3, -0.25) is 9.69 Å². The highest BCUT2D eigenvalue weighted by Gasteiger charge is 2.33.